The van der Waals surface area contributed by atoms with E-state index < -0.39 is 10.0 Å². The van der Waals surface area contributed by atoms with Gasteiger partial charge in [-0.05, 0) is 24.5 Å². The van der Waals surface area contributed by atoms with Crippen molar-refractivity contribution < 1.29 is 8.42 Å². The molecule has 0 aliphatic carbocycles. The minimum Gasteiger partial charge on any atom is -0.326 e. The number of hydrogen-bond donors (Lipinski definition) is 1. The lowest BCUT2D eigenvalue weighted by atomic mass is 9.96. The maximum absolute atomic E-state index is 12.6. The van der Waals surface area contributed by atoms with Gasteiger partial charge in [-0.3, -0.25) is 0 Å². The van der Waals surface area contributed by atoms with Crippen molar-refractivity contribution in [3.05, 3.63) is 28.2 Å². The predicted octanol–water partition coefficient (Wildman–Crippen LogP) is 2.35. The van der Waals surface area contributed by atoms with Crippen molar-refractivity contribution in [1.29, 1.82) is 0 Å². The zero-order valence-corrected chi connectivity index (χ0v) is 12.8. The van der Waals surface area contributed by atoms with Crippen LogP contribution in [-0.2, 0) is 10.0 Å². The van der Waals surface area contributed by atoms with Crippen LogP contribution in [0.2, 0.25) is 10.0 Å². The molecule has 4 nitrogen and oxygen atoms in total. The van der Waals surface area contributed by atoms with Crippen LogP contribution in [0.3, 0.4) is 0 Å². The lowest BCUT2D eigenvalue weighted by Gasteiger charge is -2.34. The molecule has 0 saturated carbocycles. The standard InChI is InChI=1S/C12H16Cl2N2O2S/c1-8-5-6-16(7-11(8)15)19(17,18)12-9(13)3-2-4-10(12)14/h2-4,8,11H,5-7,15H2,1H3. The Morgan fingerprint density at radius 3 is 2.42 bits per heavy atom. The lowest BCUT2D eigenvalue weighted by Crippen LogP contribution is -2.49. The highest BCUT2D eigenvalue weighted by Crippen LogP contribution is 2.33. The quantitative estimate of drug-likeness (QED) is 0.909. The largest absolute Gasteiger partial charge is 0.326 e. The first-order valence-corrected chi connectivity index (χ1v) is 8.23. The molecule has 0 bridgehead atoms. The van der Waals surface area contributed by atoms with E-state index in [1.807, 2.05) is 6.92 Å². The molecular weight excluding hydrogens is 307 g/mol. The van der Waals surface area contributed by atoms with Gasteiger partial charge in [-0.15, -0.1) is 0 Å². The van der Waals surface area contributed by atoms with Gasteiger partial charge in [-0.1, -0.05) is 36.2 Å². The molecule has 0 spiro atoms. The van der Waals surface area contributed by atoms with Crippen LogP contribution in [-0.4, -0.2) is 31.9 Å². The first kappa shape index (κ1) is 15.1. The highest BCUT2D eigenvalue weighted by molar-refractivity contribution is 7.89. The van der Waals surface area contributed by atoms with Crippen molar-refractivity contribution >= 4 is 33.2 Å². The Labute approximate surface area is 123 Å². The van der Waals surface area contributed by atoms with Crippen LogP contribution in [0.1, 0.15) is 13.3 Å². The van der Waals surface area contributed by atoms with Crippen molar-refractivity contribution in [2.75, 3.05) is 13.1 Å². The van der Waals surface area contributed by atoms with E-state index >= 15 is 0 Å². The van der Waals surface area contributed by atoms with Gasteiger partial charge in [0, 0.05) is 19.1 Å². The third kappa shape index (κ3) is 2.90. The summed E-state index contributed by atoms with van der Waals surface area (Å²) in [5, 5.41) is 0.277. The molecule has 0 radical (unpaired) electrons. The van der Waals surface area contributed by atoms with Crippen LogP contribution in [0.5, 0.6) is 0 Å². The van der Waals surface area contributed by atoms with Gasteiger partial charge in [-0.2, -0.15) is 4.31 Å². The number of nitrogens with zero attached hydrogens (tertiary/aromatic N) is 1. The molecule has 1 fully saturated rings. The highest BCUT2D eigenvalue weighted by atomic mass is 35.5. The lowest BCUT2D eigenvalue weighted by molar-refractivity contribution is 0.253. The Morgan fingerprint density at radius 1 is 1.32 bits per heavy atom. The van der Waals surface area contributed by atoms with Crippen molar-refractivity contribution in [1.82, 2.24) is 4.31 Å². The summed E-state index contributed by atoms with van der Waals surface area (Å²) in [5.74, 6) is 0.313. The molecule has 2 N–H and O–H groups in total. The number of benzene rings is 1. The Balaban J connectivity index is 2.38. The molecule has 1 aliphatic heterocycles. The summed E-state index contributed by atoms with van der Waals surface area (Å²) >= 11 is 12.0. The summed E-state index contributed by atoms with van der Waals surface area (Å²) in [7, 11) is -3.69. The van der Waals surface area contributed by atoms with Crippen molar-refractivity contribution in [2.24, 2.45) is 11.7 Å². The van der Waals surface area contributed by atoms with E-state index in [2.05, 4.69) is 0 Å². The van der Waals surface area contributed by atoms with Gasteiger partial charge in [0.25, 0.3) is 0 Å². The Kier molecular flexibility index (Phi) is 4.42. The third-order valence-electron chi connectivity index (χ3n) is 3.50. The first-order valence-electron chi connectivity index (χ1n) is 6.03. The highest BCUT2D eigenvalue weighted by Gasteiger charge is 2.34. The van der Waals surface area contributed by atoms with E-state index in [0.29, 0.717) is 19.0 Å². The van der Waals surface area contributed by atoms with Crippen LogP contribution in [0.25, 0.3) is 0 Å². The number of hydrogen-bond acceptors (Lipinski definition) is 3. The molecule has 7 heteroatoms. The molecular formula is C12H16Cl2N2O2S. The summed E-state index contributed by atoms with van der Waals surface area (Å²) in [6.45, 7) is 2.76. The van der Waals surface area contributed by atoms with Crippen LogP contribution in [0, 0.1) is 5.92 Å². The van der Waals surface area contributed by atoms with Gasteiger partial charge in [0.15, 0.2) is 0 Å². The number of halogens is 2. The summed E-state index contributed by atoms with van der Waals surface area (Å²) in [6, 6.07) is 4.50. The predicted molar refractivity (Wildman–Crippen MR) is 77.0 cm³/mol. The van der Waals surface area contributed by atoms with Crippen molar-refractivity contribution in [2.45, 2.75) is 24.3 Å². The minimum atomic E-state index is -3.69. The molecule has 2 unspecified atom stereocenters. The average Bonchev–Trinajstić information content (AvgIpc) is 2.32. The molecule has 19 heavy (non-hydrogen) atoms. The van der Waals surface area contributed by atoms with Crippen molar-refractivity contribution in [3.63, 3.8) is 0 Å². The molecule has 0 amide bonds. The topological polar surface area (TPSA) is 63.4 Å². The Bertz CT molecular complexity index is 557. The number of sulfonamides is 1. The molecule has 2 rings (SSSR count). The fourth-order valence-corrected chi connectivity index (χ4v) is 4.73. The number of rotatable bonds is 2. The van der Waals surface area contributed by atoms with Crippen LogP contribution < -0.4 is 5.73 Å². The van der Waals surface area contributed by atoms with Crippen molar-refractivity contribution in [3.8, 4) is 0 Å². The smallest absolute Gasteiger partial charge is 0.246 e. The molecule has 2 atom stereocenters. The SMILES string of the molecule is CC1CCN(S(=O)(=O)c2c(Cl)cccc2Cl)CC1N. The van der Waals surface area contributed by atoms with Crippen LogP contribution in [0.15, 0.2) is 23.1 Å². The van der Waals surface area contributed by atoms with E-state index in [0.717, 1.165) is 6.42 Å². The Hall–Kier alpha value is -0.330. The van der Waals surface area contributed by atoms with E-state index in [-0.39, 0.29) is 21.0 Å². The molecule has 1 aliphatic rings. The van der Waals surface area contributed by atoms with Gasteiger partial charge >= 0.3 is 0 Å². The summed E-state index contributed by atoms with van der Waals surface area (Å²) in [4.78, 5) is -0.0277. The van der Waals surface area contributed by atoms with Gasteiger partial charge in [0.2, 0.25) is 10.0 Å². The molecule has 1 aromatic carbocycles. The molecule has 1 heterocycles. The summed E-state index contributed by atoms with van der Waals surface area (Å²) < 4.78 is 26.5. The minimum absolute atomic E-state index is 0.0277. The van der Waals surface area contributed by atoms with Crippen LogP contribution >= 0.6 is 23.2 Å². The van der Waals surface area contributed by atoms with Gasteiger partial charge in [0.05, 0.1) is 10.0 Å². The van der Waals surface area contributed by atoms with Crippen LogP contribution in [0.4, 0.5) is 0 Å². The zero-order valence-electron chi connectivity index (χ0n) is 10.5. The number of piperidine rings is 1. The van der Waals surface area contributed by atoms with E-state index in [1.54, 1.807) is 6.07 Å². The van der Waals surface area contributed by atoms with E-state index in [9.17, 15) is 8.42 Å². The fraction of sp³-hybridized carbons (Fsp3) is 0.500. The second-order valence-electron chi connectivity index (χ2n) is 4.84. The molecule has 1 saturated heterocycles. The Morgan fingerprint density at radius 2 is 1.89 bits per heavy atom. The summed E-state index contributed by atoms with van der Waals surface area (Å²) in [6.07, 6.45) is 0.739. The normalized spacial score (nSPS) is 25.5. The van der Waals surface area contributed by atoms with Gasteiger partial charge < -0.3 is 5.73 Å². The fourth-order valence-electron chi connectivity index (χ4n) is 2.14. The molecule has 0 aromatic heterocycles. The monoisotopic (exact) mass is 322 g/mol. The zero-order chi connectivity index (χ0) is 14.2. The first-order chi connectivity index (χ1) is 8.84. The van der Waals surface area contributed by atoms with E-state index in [1.165, 1.54) is 16.4 Å². The second-order valence-corrected chi connectivity index (χ2v) is 7.53. The summed E-state index contributed by atoms with van der Waals surface area (Å²) in [5.41, 5.74) is 5.95. The maximum atomic E-state index is 12.6. The third-order valence-corrected chi connectivity index (χ3v) is 6.32. The van der Waals surface area contributed by atoms with Gasteiger partial charge in [-0.25, -0.2) is 8.42 Å². The average molecular weight is 323 g/mol. The van der Waals surface area contributed by atoms with E-state index in [4.69, 9.17) is 28.9 Å². The molecule has 1 aromatic rings. The van der Waals surface area contributed by atoms with Gasteiger partial charge in [0.1, 0.15) is 4.90 Å². The number of nitrogens with two attached hydrogens (primary N) is 1. The molecule has 106 valence electrons. The maximum Gasteiger partial charge on any atom is 0.246 e. The second kappa shape index (κ2) is 5.58.